The maximum Gasteiger partial charge on any atom is 0.266 e. The van der Waals surface area contributed by atoms with Gasteiger partial charge in [-0.1, -0.05) is 32.0 Å². The second kappa shape index (κ2) is 7.89. The van der Waals surface area contributed by atoms with Crippen LogP contribution in [0, 0.1) is 5.41 Å². The Hall–Kier alpha value is -2.64. The van der Waals surface area contributed by atoms with Gasteiger partial charge in [-0.15, -0.1) is 11.3 Å². The van der Waals surface area contributed by atoms with Crippen LogP contribution in [0.1, 0.15) is 41.1 Å². The number of carbonyl (C=O) groups excluding carboxylic acids is 1. The summed E-state index contributed by atoms with van der Waals surface area (Å²) >= 11 is 1.54. The first-order valence-electron chi connectivity index (χ1n) is 9.73. The summed E-state index contributed by atoms with van der Waals surface area (Å²) in [7, 11) is -3.98. The molecule has 1 amide bonds. The van der Waals surface area contributed by atoms with E-state index in [9.17, 15) is 13.2 Å². The third kappa shape index (κ3) is 4.42. The van der Waals surface area contributed by atoms with Gasteiger partial charge in [-0.3, -0.25) is 4.79 Å². The molecule has 1 aliphatic rings. The monoisotopic (exact) mass is 441 g/mol. The third-order valence-electron chi connectivity index (χ3n) is 5.26. The molecule has 5 nitrogen and oxygen atoms in total. The quantitative estimate of drug-likeness (QED) is 0.593. The lowest BCUT2D eigenvalue weighted by atomic mass is 9.77. The van der Waals surface area contributed by atoms with E-state index in [0.29, 0.717) is 17.1 Å². The predicted octanol–water partition coefficient (Wildman–Crippen LogP) is 5.17. The lowest BCUT2D eigenvalue weighted by Gasteiger charge is -2.29. The number of benzene rings is 2. The van der Waals surface area contributed by atoms with Crippen LogP contribution in [-0.2, 0) is 22.9 Å². The van der Waals surface area contributed by atoms with E-state index in [0.717, 1.165) is 24.8 Å². The van der Waals surface area contributed by atoms with Gasteiger partial charge in [0.1, 0.15) is 11.5 Å². The van der Waals surface area contributed by atoms with E-state index in [4.69, 9.17) is 4.74 Å². The zero-order valence-electron chi connectivity index (χ0n) is 16.8. The van der Waals surface area contributed by atoms with Crippen LogP contribution < -0.4 is 9.46 Å². The molecule has 1 aromatic heterocycles. The Bertz CT molecular complexity index is 1160. The molecule has 1 aliphatic carbocycles. The summed E-state index contributed by atoms with van der Waals surface area (Å²) in [5, 5.41) is 1.77. The van der Waals surface area contributed by atoms with Crippen molar-refractivity contribution in [1.82, 2.24) is 4.72 Å². The summed E-state index contributed by atoms with van der Waals surface area (Å²) in [4.78, 5) is 13.9. The predicted molar refractivity (Wildman–Crippen MR) is 118 cm³/mol. The SMILES string of the molecule is CC1(C)CCc2c(C(=O)NS(=O)(=O)c3ccc(Oc4ccccc4)cc3)csc2C1. The number of amides is 1. The molecule has 0 unspecified atom stereocenters. The minimum atomic E-state index is -3.98. The van der Waals surface area contributed by atoms with Gasteiger partial charge in [-0.2, -0.15) is 0 Å². The smallest absolute Gasteiger partial charge is 0.266 e. The Balaban J connectivity index is 1.48. The molecule has 3 aromatic rings. The topological polar surface area (TPSA) is 72.5 Å². The second-order valence-corrected chi connectivity index (χ2v) is 10.9. The summed E-state index contributed by atoms with van der Waals surface area (Å²) in [6, 6.07) is 15.2. The fourth-order valence-electron chi connectivity index (χ4n) is 3.57. The van der Waals surface area contributed by atoms with Gasteiger partial charge in [0.15, 0.2) is 0 Å². The molecule has 2 aromatic carbocycles. The maximum atomic E-state index is 12.7. The zero-order chi connectivity index (χ0) is 21.4. The summed E-state index contributed by atoms with van der Waals surface area (Å²) < 4.78 is 33.3. The van der Waals surface area contributed by atoms with Gasteiger partial charge in [-0.25, -0.2) is 13.1 Å². The molecule has 7 heteroatoms. The van der Waals surface area contributed by atoms with Crippen molar-refractivity contribution in [3.8, 4) is 11.5 Å². The van der Waals surface area contributed by atoms with E-state index >= 15 is 0 Å². The number of hydrogen-bond acceptors (Lipinski definition) is 5. The normalized spacial score (nSPS) is 15.3. The highest BCUT2D eigenvalue weighted by Gasteiger charge is 2.30. The third-order valence-corrected chi connectivity index (χ3v) is 7.63. The zero-order valence-corrected chi connectivity index (χ0v) is 18.5. The first-order chi connectivity index (χ1) is 14.2. The Morgan fingerprint density at radius 1 is 1.03 bits per heavy atom. The summed E-state index contributed by atoms with van der Waals surface area (Å²) in [5.74, 6) is 0.602. The van der Waals surface area contributed by atoms with Gasteiger partial charge in [0.2, 0.25) is 0 Å². The summed E-state index contributed by atoms with van der Waals surface area (Å²) in [6.07, 6.45) is 2.68. The molecule has 0 saturated heterocycles. The van der Waals surface area contributed by atoms with Crippen molar-refractivity contribution in [3.05, 3.63) is 76.0 Å². The van der Waals surface area contributed by atoms with Gasteiger partial charge in [0.25, 0.3) is 15.9 Å². The van der Waals surface area contributed by atoms with Crippen molar-refractivity contribution in [3.63, 3.8) is 0 Å². The van der Waals surface area contributed by atoms with E-state index in [1.165, 1.54) is 28.3 Å². The van der Waals surface area contributed by atoms with E-state index in [-0.39, 0.29) is 10.3 Å². The highest BCUT2D eigenvalue weighted by Crippen LogP contribution is 2.39. The molecule has 1 N–H and O–H groups in total. The van der Waals surface area contributed by atoms with Gasteiger partial charge in [0.05, 0.1) is 10.5 Å². The standard InChI is InChI=1S/C23H23NO4S2/c1-23(2)13-12-19-20(15-29-21(19)14-23)22(25)24-30(26,27)18-10-8-17(9-11-18)28-16-6-4-3-5-7-16/h3-11,15H,12-14H2,1-2H3,(H,24,25). The average Bonchev–Trinajstić information content (AvgIpc) is 3.11. The first kappa shape index (κ1) is 20.6. The van der Waals surface area contributed by atoms with Gasteiger partial charge in [0, 0.05) is 10.3 Å². The fraction of sp³-hybridized carbons (Fsp3) is 0.261. The molecule has 0 bridgehead atoms. The van der Waals surface area contributed by atoms with Crippen LogP contribution >= 0.6 is 11.3 Å². The highest BCUT2D eigenvalue weighted by molar-refractivity contribution is 7.90. The minimum absolute atomic E-state index is 0.0153. The van der Waals surface area contributed by atoms with Crippen molar-refractivity contribution in [2.45, 2.75) is 38.0 Å². The average molecular weight is 442 g/mol. The lowest BCUT2D eigenvalue weighted by Crippen LogP contribution is -2.31. The van der Waals surface area contributed by atoms with E-state index in [2.05, 4.69) is 18.6 Å². The summed E-state index contributed by atoms with van der Waals surface area (Å²) in [6.45, 7) is 4.43. The van der Waals surface area contributed by atoms with Crippen molar-refractivity contribution < 1.29 is 17.9 Å². The number of thiophene rings is 1. The molecule has 30 heavy (non-hydrogen) atoms. The second-order valence-electron chi connectivity index (χ2n) is 8.21. The van der Waals surface area contributed by atoms with Crippen molar-refractivity contribution >= 4 is 27.3 Å². The molecule has 0 spiro atoms. The number of nitrogens with one attached hydrogen (secondary N) is 1. The van der Waals surface area contributed by atoms with Crippen LogP contribution in [0.15, 0.2) is 64.9 Å². The molecule has 0 saturated carbocycles. The molecule has 156 valence electrons. The highest BCUT2D eigenvalue weighted by atomic mass is 32.2. The van der Waals surface area contributed by atoms with Gasteiger partial charge in [-0.05, 0) is 66.6 Å². The molecule has 1 heterocycles. The lowest BCUT2D eigenvalue weighted by molar-refractivity contribution is 0.0980. The number of sulfonamides is 1. The van der Waals surface area contributed by atoms with E-state index < -0.39 is 15.9 Å². The minimum Gasteiger partial charge on any atom is -0.457 e. The number of para-hydroxylation sites is 1. The Labute approximate surface area is 180 Å². The molecule has 0 radical (unpaired) electrons. The number of rotatable bonds is 5. The largest absolute Gasteiger partial charge is 0.457 e. The van der Waals surface area contributed by atoms with Crippen LogP contribution in [0.4, 0.5) is 0 Å². The maximum absolute atomic E-state index is 12.7. The van der Waals surface area contributed by atoms with Crippen molar-refractivity contribution in [2.75, 3.05) is 0 Å². The van der Waals surface area contributed by atoms with Gasteiger partial charge >= 0.3 is 0 Å². The van der Waals surface area contributed by atoms with Crippen LogP contribution in [0.3, 0.4) is 0 Å². The Kier molecular flexibility index (Phi) is 5.42. The number of fused-ring (bicyclic) bond motifs is 1. The first-order valence-corrected chi connectivity index (χ1v) is 12.1. The molecular formula is C23H23NO4S2. The van der Waals surface area contributed by atoms with Crippen LogP contribution in [-0.4, -0.2) is 14.3 Å². The van der Waals surface area contributed by atoms with E-state index in [1.54, 1.807) is 17.5 Å². The number of hydrogen-bond donors (Lipinski definition) is 1. The molecule has 4 rings (SSSR count). The molecule has 0 aliphatic heterocycles. The molecule has 0 fully saturated rings. The number of carbonyl (C=O) groups is 1. The summed E-state index contributed by atoms with van der Waals surface area (Å²) in [5.41, 5.74) is 1.66. The van der Waals surface area contributed by atoms with Crippen molar-refractivity contribution in [1.29, 1.82) is 0 Å². The molecule has 0 atom stereocenters. The number of ether oxygens (including phenoxy) is 1. The Morgan fingerprint density at radius 2 is 1.70 bits per heavy atom. The van der Waals surface area contributed by atoms with Crippen LogP contribution in [0.5, 0.6) is 11.5 Å². The van der Waals surface area contributed by atoms with Crippen molar-refractivity contribution in [2.24, 2.45) is 5.41 Å². The fourth-order valence-corrected chi connectivity index (χ4v) is 5.87. The molecular weight excluding hydrogens is 418 g/mol. The van der Waals surface area contributed by atoms with Crippen LogP contribution in [0.2, 0.25) is 0 Å². The van der Waals surface area contributed by atoms with E-state index in [1.807, 2.05) is 30.3 Å². The van der Waals surface area contributed by atoms with Gasteiger partial charge < -0.3 is 4.74 Å². The Morgan fingerprint density at radius 3 is 2.40 bits per heavy atom. The van der Waals surface area contributed by atoms with Crippen LogP contribution in [0.25, 0.3) is 0 Å².